The van der Waals surface area contributed by atoms with E-state index in [1.54, 1.807) is 11.8 Å². The number of rotatable bonds is 5. The van der Waals surface area contributed by atoms with Crippen LogP contribution in [0.15, 0.2) is 22.7 Å². The zero-order valence-electron chi connectivity index (χ0n) is 11.7. The van der Waals surface area contributed by atoms with E-state index in [-0.39, 0.29) is 6.04 Å². The zero-order valence-corrected chi connectivity index (χ0v) is 13.3. The number of anilines is 1. The Bertz CT molecular complexity index is 584. The Hall–Kier alpha value is -1.47. The highest BCUT2D eigenvalue weighted by Crippen LogP contribution is 2.28. The molecule has 0 amide bonds. The van der Waals surface area contributed by atoms with Crippen molar-refractivity contribution < 1.29 is 4.74 Å². The SMILES string of the molecule is COCC(C(C)C)n1nnnc1-c1ccc(Br)c(N)c1. The van der Waals surface area contributed by atoms with E-state index in [0.717, 1.165) is 10.0 Å². The number of aromatic nitrogens is 4. The molecular weight excluding hydrogens is 322 g/mol. The largest absolute Gasteiger partial charge is 0.398 e. The molecule has 1 heterocycles. The van der Waals surface area contributed by atoms with Gasteiger partial charge in [-0.3, -0.25) is 0 Å². The van der Waals surface area contributed by atoms with Crippen LogP contribution in [0.1, 0.15) is 19.9 Å². The quantitative estimate of drug-likeness (QED) is 0.846. The molecule has 0 saturated carbocycles. The molecule has 0 spiro atoms. The van der Waals surface area contributed by atoms with Crippen molar-refractivity contribution in [3.8, 4) is 11.4 Å². The first-order valence-corrected chi connectivity index (χ1v) is 7.16. The van der Waals surface area contributed by atoms with E-state index in [1.165, 1.54) is 0 Å². The summed E-state index contributed by atoms with van der Waals surface area (Å²) >= 11 is 3.38. The van der Waals surface area contributed by atoms with Crippen LogP contribution >= 0.6 is 15.9 Å². The number of hydrogen-bond donors (Lipinski definition) is 1. The summed E-state index contributed by atoms with van der Waals surface area (Å²) in [5, 5.41) is 12.0. The summed E-state index contributed by atoms with van der Waals surface area (Å²) in [7, 11) is 1.68. The van der Waals surface area contributed by atoms with Gasteiger partial charge in [0.05, 0.1) is 12.6 Å². The van der Waals surface area contributed by atoms with Crippen molar-refractivity contribution in [1.29, 1.82) is 0 Å². The second-order valence-corrected chi connectivity index (χ2v) is 5.80. The van der Waals surface area contributed by atoms with Gasteiger partial charge in [0.1, 0.15) is 0 Å². The second-order valence-electron chi connectivity index (χ2n) is 4.95. The highest BCUT2D eigenvalue weighted by atomic mass is 79.9. The summed E-state index contributed by atoms with van der Waals surface area (Å²) in [6, 6.07) is 5.77. The van der Waals surface area contributed by atoms with Gasteiger partial charge >= 0.3 is 0 Å². The van der Waals surface area contributed by atoms with Gasteiger partial charge in [0, 0.05) is 22.8 Å². The van der Waals surface area contributed by atoms with E-state index in [2.05, 4.69) is 45.3 Å². The molecule has 1 aromatic carbocycles. The zero-order chi connectivity index (χ0) is 14.7. The minimum Gasteiger partial charge on any atom is -0.398 e. The number of halogens is 1. The van der Waals surface area contributed by atoms with Gasteiger partial charge in [0.2, 0.25) is 0 Å². The van der Waals surface area contributed by atoms with Gasteiger partial charge in [-0.1, -0.05) is 13.8 Å². The fourth-order valence-corrected chi connectivity index (χ4v) is 2.25. The van der Waals surface area contributed by atoms with E-state index in [9.17, 15) is 0 Å². The molecule has 1 unspecified atom stereocenters. The fourth-order valence-electron chi connectivity index (χ4n) is 2.01. The number of tetrazole rings is 1. The van der Waals surface area contributed by atoms with Crippen molar-refractivity contribution in [1.82, 2.24) is 20.2 Å². The van der Waals surface area contributed by atoms with Crippen molar-refractivity contribution in [3.63, 3.8) is 0 Å². The smallest absolute Gasteiger partial charge is 0.182 e. The first kappa shape index (κ1) is 14.9. The van der Waals surface area contributed by atoms with Crippen molar-refractivity contribution in [3.05, 3.63) is 22.7 Å². The van der Waals surface area contributed by atoms with Crippen molar-refractivity contribution in [2.45, 2.75) is 19.9 Å². The molecule has 0 radical (unpaired) electrons. The molecule has 0 bridgehead atoms. The lowest BCUT2D eigenvalue weighted by atomic mass is 10.0. The van der Waals surface area contributed by atoms with Crippen LogP contribution in [-0.4, -0.2) is 33.9 Å². The summed E-state index contributed by atoms with van der Waals surface area (Å²) in [6.45, 7) is 4.79. The van der Waals surface area contributed by atoms with Crippen molar-refractivity contribution in [2.24, 2.45) is 5.92 Å². The Morgan fingerprint density at radius 1 is 1.40 bits per heavy atom. The number of ether oxygens (including phenoxy) is 1. The van der Waals surface area contributed by atoms with Crippen molar-refractivity contribution >= 4 is 21.6 Å². The first-order chi connectivity index (χ1) is 9.54. The third-order valence-corrected chi connectivity index (χ3v) is 3.89. The molecule has 1 aromatic heterocycles. The normalized spacial score (nSPS) is 12.8. The van der Waals surface area contributed by atoms with Gasteiger partial charge in [0.25, 0.3) is 0 Å². The van der Waals surface area contributed by atoms with Crippen LogP contribution in [0.25, 0.3) is 11.4 Å². The molecule has 2 N–H and O–H groups in total. The second kappa shape index (κ2) is 6.32. The third kappa shape index (κ3) is 2.99. The lowest BCUT2D eigenvalue weighted by molar-refractivity contribution is 0.126. The van der Waals surface area contributed by atoms with E-state index >= 15 is 0 Å². The topological polar surface area (TPSA) is 78.8 Å². The maximum absolute atomic E-state index is 5.92. The molecule has 0 fully saturated rings. The van der Waals surface area contributed by atoms with Gasteiger partial charge in [-0.2, -0.15) is 0 Å². The standard InChI is InChI=1S/C13H18BrN5O/c1-8(2)12(7-20-3)19-13(16-17-18-19)9-4-5-10(14)11(15)6-9/h4-6,8,12H,7,15H2,1-3H3. The number of methoxy groups -OCH3 is 1. The van der Waals surface area contributed by atoms with Crippen molar-refractivity contribution in [2.75, 3.05) is 19.5 Å². The van der Waals surface area contributed by atoms with E-state index in [1.807, 2.05) is 18.2 Å². The molecule has 2 rings (SSSR count). The van der Waals surface area contributed by atoms with Gasteiger partial charge < -0.3 is 10.5 Å². The highest BCUT2D eigenvalue weighted by molar-refractivity contribution is 9.10. The monoisotopic (exact) mass is 339 g/mol. The maximum atomic E-state index is 5.92. The minimum atomic E-state index is 0.0786. The van der Waals surface area contributed by atoms with Crippen LogP contribution in [0, 0.1) is 5.92 Å². The molecule has 0 aliphatic rings. The Labute approximate surface area is 126 Å². The fraction of sp³-hybridized carbons (Fsp3) is 0.462. The van der Waals surface area contributed by atoms with E-state index in [0.29, 0.717) is 24.0 Å². The Kier molecular flexibility index (Phi) is 4.72. The maximum Gasteiger partial charge on any atom is 0.182 e. The molecule has 0 saturated heterocycles. The Balaban J connectivity index is 2.43. The molecular formula is C13H18BrN5O. The lowest BCUT2D eigenvalue weighted by Gasteiger charge is -2.21. The minimum absolute atomic E-state index is 0.0786. The number of nitrogens with zero attached hydrogens (tertiary/aromatic N) is 4. The Morgan fingerprint density at radius 3 is 2.75 bits per heavy atom. The van der Waals surface area contributed by atoms with Gasteiger partial charge in [-0.05, 0) is 50.5 Å². The predicted octanol–water partition coefficient (Wildman–Crippen LogP) is 2.53. The van der Waals surface area contributed by atoms with Crippen LogP contribution in [0.2, 0.25) is 0 Å². The first-order valence-electron chi connectivity index (χ1n) is 6.36. The molecule has 7 heteroatoms. The number of nitrogens with two attached hydrogens (primary N) is 1. The molecule has 1 atom stereocenters. The number of nitrogen functional groups attached to an aromatic ring is 1. The van der Waals surface area contributed by atoms with Crippen LogP contribution in [0.5, 0.6) is 0 Å². The summed E-state index contributed by atoms with van der Waals surface area (Å²) in [5.41, 5.74) is 7.47. The van der Waals surface area contributed by atoms with Crippen LogP contribution in [0.3, 0.4) is 0 Å². The van der Waals surface area contributed by atoms with E-state index in [4.69, 9.17) is 10.5 Å². The third-order valence-electron chi connectivity index (χ3n) is 3.17. The predicted molar refractivity (Wildman–Crippen MR) is 81.1 cm³/mol. The Morgan fingerprint density at radius 2 is 2.15 bits per heavy atom. The average molecular weight is 340 g/mol. The van der Waals surface area contributed by atoms with E-state index < -0.39 is 0 Å². The molecule has 20 heavy (non-hydrogen) atoms. The van der Waals surface area contributed by atoms with Crippen LogP contribution in [-0.2, 0) is 4.74 Å². The molecule has 0 aliphatic carbocycles. The molecule has 0 aliphatic heterocycles. The van der Waals surface area contributed by atoms with Gasteiger partial charge in [0.15, 0.2) is 5.82 Å². The number of benzene rings is 1. The summed E-state index contributed by atoms with van der Waals surface area (Å²) in [5.74, 6) is 1.05. The highest BCUT2D eigenvalue weighted by Gasteiger charge is 2.21. The number of hydrogen-bond acceptors (Lipinski definition) is 5. The van der Waals surface area contributed by atoms with Crippen LogP contribution < -0.4 is 5.73 Å². The lowest BCUT2D eigenvalue weighted by Crippen LogP contribution is -2.22. The van der Waals surface area contributed by atoms with Gasteiger partial charge in [-0.15, -0.1) is 5.10 Å². The average Bonchev–Trinajstić information content (AvgIpc) is 2.87. The summed E-state index contributed by atoms with van der Waals surface area (Å²) in [6.07, 6.45) is 0. The molecule has 6 nitrogen and oxygen atoms in total. The summed E-state index contributed by atoms with van der Waals surface area (Å²) in [4.78, 5) is 0. The van der Waals surface area contributed by atoms with Crippen LogP contribution in [0.4, 0.5) is 5.69 Å². The molecule has 108 valence electrons. The van der Waals surface area contributed by atoms with Gasteiger partial charge in [-0.25, -0.2) is 4.68 Å². The molecule has 2 aromatic rings. The summed E-state index contributed by atoms with van der Waals surface area (Å²) < 4.78 is 7.94.